The van der Waals surface area contributed by atoms with E-state index in [0.29, 0.717) is 28.5 Å². The van der Waals surface area contributed by atoms with Crippen LogP contribution < -0.4 is 10.6 Å². The molecule has 3 aromatic heterocycles. The number of amides is 1. The first-order chi connectivity index (χ1) is 13.5. The Kier molecular flexibility index (Phi) is 4.99. The molecule has 2 unspecified atom stereocenters. The van der Waals surface area contributed by atoms with E-state index in [1.807, 2.05) is 0 Å². The van der Waals surface area contributed by atoms with Crippen molar-refractivity contribution in [2.45, 2.75) is 37.8 Å². The van der Waals surface area contributed by atoms with Gasteiger partial charge in [0, 0.05) is 35.4 Å². The van der Waals surface area contributed by atoms with Crippen LogP contribution in [-0.4, -0.2) is 43.2 Å². The third-order valence-corrected chi connectivity index (χ3v) is 5.03. The fourth-order valence-corrected chi connectivity index (χ4v) is 3.74. The van der Waals surface area contributed by atoms with Crippen LogP contribution in [0.4, 0.5) is 15.0 Å². The molecule has 1 fully saturated rings. The maximum Gasteiger partial charge on any atom is 0.404 e. The lowest BCUT2D eigenvalue weighted by atomic mass is 9.91. The second-order valence-electron chi connectivity index (χ2n) is 6.80. The Bertz CT molecular complexity index is 1030. The molecule has 0 saturated heterocycles. The lowest BCUT2D eigenvalue weighted by Crippen LogP contribution is -2.41. The fraction of sp³-hybridized carbons (Fsp3) is 0.333. The number of nitrogens with zero attached hydrogens (tertiary/aromatic N) is 3. The molecule has 4 N–H and O–H groups in total. The molecule has 0 radical (unpaired) electrons. The van der Waals surface area contributed by atoms with E-state index in [0.717, 1.165) is 30.8 Å². The number of aromatic nitrogens is 4. The third-order valence-electron chi connectivity index (χ3n) is 4.83. The summed E-state index contributed by atoms with van der Waals surface area (Å²) < 4.78 is 14.3. The molecule has 1 aliphatic carbocycles. The normalized spacial score (nSPS) is 19.5. The Labute approximate surface area is 164 Å². The van der Waals surface area contributed by atoms with E-state index in [2.05, 4.69) is 30.6 Å². The number of carboxylic acid groups (broad SMARTS) is 1. The number of nitrogens with one attached hydrogen (secondary N) is 3. The van der Waals surface area contributed by atoms with Crippen molar-refractivity contribution in [3.8, 4) is 11.4 Å². The molecule has 146 valence electrons. The second kappa shape index (κ2) is 7.59. The molecule has 0 aromatic carbocycles. The van der Waals surface area contributed by atoms with Crippen LogP contribution >= 0.6 is 11.6 Å². The molecular weight excluding hydrogens is 387 g/mol. The summed E-state index contributed by atoms with van der Waals surface area (Å²) >= 11 is 6.03. The standard InChI is InChI=1S/C18H18ClFN6O2/c19-9-4-12-13(7-22-15(12)21-6-9)16-23-8-14(20)17(26-16)24-10-2-1-3-11(5-10)25-18(27)28/h4,6-8,10-11,25H,1-3,5H2,(H,21,22)(H,27,28)(H,23,24,26). The summed E-state index contributed by atoms with van der Waals surface area (Å²) in [7, 11) is 0. The van der Waals surface area contributed by atoms with E-state index in [1.165, 1.54) is 6.20 Å². The van der Waals surface area contributed by atoms with E-state index in [4.69, 9.17) is 16.7 Å². The van der Waals surface area contributed by atoms with Gasteiger partial charge in [-0.1, -0.05) is 11.6 Å². The highest BCUT2D eigenvalue weighted by molar-refractivity contribution is 6.31. The molecule has 4 rings (SSSR count). The Morgan fingerprint density at radius 2 is 2.11 bits per heavy atom. The molecule has 8 nitrogen and oxygen atoms in total. The Morgan fingerprint density at radius 3 is 2.93 bits per heavy atom. The molecule has 0 aliphatic heterocycles. The summed E-state index contributed by atoms with van der Waals surface area (Å²) in [6.07, 6.45) is 6.30. The van der Waals surface area contributed by atoms with Gasteiger partial charge in [-0.15, -0.1) is 0 Å². The number of halogens is 2. The molecule has 3 heterocycles. The van der Waals surface area contributed by atoms with Crippen LogP contribution in [0, 0.1) is 5.82 Å². The second-order valence-corrected chi connectivity index (χ2v) is 7.23. The van der Waals surface area contributed by atoms with Crippen molar-refractivity contribution < 1.29 is 14.3 Å². The summed E-state index contributed by atoms with van der Waals surface area (Å²) in [5, 5.41) is 15.7. The Balaban J connectivity index is 1.59. The Hall–Kier alpha value is -2.94. The van der Waals surface area contributed by atoms with E-state index < -0.39 is 11.9 Å². The van der Waals surface area contributed by atoms with Crippen LogP contribution in [0.1, 0.15) is 25.7 Å². The van der Waals surface area contributed by atoms with E-state index >= 15 is 0 Å². The smallest absolute Gasteiger partial charge is 0.404 e. The van der Waals surface area contributed by atoms with Crippen molar-refractivity contribution in [1.29, 1.82) is 0 Å². The van der Waals surface area contributed by atoms with Crippen molar-refractivity contribution in [3.05, 3.63) is 35.5 Å². The van der Waals surface area contributed by atoms with E-state index in [9.17, 15) is 9.18 Å². The van der Waals surface area contributed by atoms with E-state index in [1.54, 1.807) is 12.3 Å². The van der Waals surface area contributed by atoms with Crippen molar-refractivity contribution in [3.63, 3.8) is 0 Å². The molecule has 28 heavy (non-hydrogen) atoms. The maximum atomic E-state index is 14.3. The van der Waals surface area contributed by atoms with Crippen molar-refractivity contribution in [2.24, 2.45) is 0 Å². The maximum absolute atomic E-state index is 14.3. The predicted octanol–water partition coefficient (Wildman–Crippen LogP) is 3.80. The summed E-state index contributed by atoms with van der Waals surface area (Å²) in [4.78, 5) is 26.5. The van der Waals surface area contributed by atoms with Crippen molar-refractivity contribution in [2.75, 3.05) is 5.32 Å². The molecule has 1 aliphatic rings. The van der Waals surface area contributed by atoms with Gasteiger partial charge in [-0.05, 0) is 31.7 Å². The average molecular weight is 405 g/mol. The van der Waals surface area contributed by atoms with Gasteiger partial charge in [0.05, 0.1) is 11.2 Å². The third kappa shape index (κ3) is 3.84. The van der Waals surface area contributed by atoms with Crippen molar-refractivity contribution >= 4 is 34.5 Å². The fourth-order valence-electron chi connectivity index (χ4n) is 3.58. The average Bonchev–Trinajstić information content (AvgIpc) is 3.06. The molecule has 1 amide bonds. The molecular formula is C18H18ClFN6O2. The summed E-state index contributed by atoms with van der Waals surface area (Å²) in [5.41, 5.74) is 1.30. The topological polar surface area (TPSA) is 116 Å². The summed E-state index contributed by atoms with van der Waals surface area (Å²) in [5.74, 6) is -0.126. The zero-order valence-corrected chi connectivity index (χ0v) is 15.5. The van der Waals surface area contributed by atoms with Crippen molar-refractivity contribution in [1.82, 2.24) is 25.3 Å². The lowest BCUT2D eigenvalue weighted by molar-refractivity contribution is 0.185. The first kappa shape index (κ1) is 18.4. The number of H-pyrrole nitrogens is 1. The van der Waals surface area contributed by atoms with Gasteiger partial charge in [0.25, 0.3) is 0 Å². The van der Waals surface area contributed by atoms with Crippen LogP contribution in [-0.2, 0) is 0 Å². The van der Waals surface area contributed by atoms with Gasteiger partial charge in [0.1, 0.15) is 5.65 Å². The lowest BCUT2D eigenvalue weighted by Gasteiger charge is -2.30. The first-order valence-electron chi connectivity index (χ1n) is 8.91. The van der Waals surface area contributed by atoms with Gasteiger partial charge >= 0.3 is 6.09 Å². The highest BCUT2D eigenvalue weighted by Gasteiger charge is 2.24. The molecule has 10 heteroatoms. The summed E-state index contributed by atoms with van der Waals surface area (Å²) in [6, 6.07) is 1.51. The number of hydrogen-bond acceptors (Lipinski definition) is 5. The minimum Gasteiger partial charge on any atom is -0.465 e. The zero-order chi connectivity index (χ0) is 19.7. The van der Waals surface area contributed by atoms with Gasteiger partial charge in [-0.3, -0.25) is 0 Å². The van der Waals surface area contributed by atoms with E-state index in [-0.39, 0.29) is 17.9 Å². The molecule has 2 atom stereocenters. The minimum atomic E-state index is -1.05. The number of pyridine rings is 1. The Morgan fingerprint density at radius 1 is 1.29 bits per heavy atom. The number of hydrogen-bond donors (Lipinski definition) is 4. The summed E-state index contributed by atoms with van der Waals surface area (Å²) in [6.45, 7) is 0. The minimum absolute atomic E-state index is 0.0815. The zero-order valence-electron chi connectivity index (χ0n) is 14.7. The highest BCUT2D eigenvalue weighted by atomic mass is 35.5. The molecule has 1 saturated carbocycles. The van der Waals surface area contributed by atoms with Gasteiger partial charge in [0.2, 0.25) is 0 Å². The van der Waals surface area contributed by atoms with Crippen LogP contribution in [0.15, 0.2) is 24.7 Å². The largest absolute Gasteiger partial charge is 0.465 e. The highest BCUT2D eigenvalue weighted by Crippen LogP contribution is 2.29. The van der Waals surface area contributed by atoms with Crippen LogP contribution in [0.3, 0.4) is 0 Å². The van der Waals surface area contributed by atoms with Gasteiger partial charge in [0.15, 0.2) is 17.5 Å². The first-order valence-corrected chi connectivity index (χ1v) is 9.29. The van der Waals surface area contributed by atoms with Crippen LogP contribution in [0.25, 0.3) is 22.4 Å². The van der Waals surface area contributed by atoms with Crippen LogP contribution in [0.5, 0.6) is 0 Å². The van der Waals surface area contributed by atoms with Crippen LogP contribution in [0.2, 0.25) is 5.02 Å². The number of aromatic amines is 1. The number of rotatable bonds is 4. The number of carbonyl (C=O) groups is 1. The number of fused-ring (bicyclic) bond motifs is 1. The molecule has 0 spiro atoms. The predicted molar refractivity (Wildman–Crippen MR) is 103 cm³/mol. The molecule has 0 bridgehead atoms. The molecule has 3 aromatic rings. The number of anilines is 1. The van der Waals surface area contributed by atoms with Gasteiger partial charge in [-0.2, -0.15) is 0 Å². The SMILES string of the molecule is O=C(O)NC1CCCC(Nc2nc(-c3c[nH]c4ncc(Cl)cc34)ncc2F)C1. The quantitative estimate of drug-likeness (QED) is 0.525. The monoisotopic (exact) mass is 404 g/mol. The van der Waals surface area contributed by atoms with Gasteiger partial charge in [-0.25, -0.2) is 24.1 Å². The van der Waals surface area contributed by atoms with Gasteiger partial charge < -0.3 is 20.7 Å².